The van der Waals surface area contributed by atoms with Gasteiger partial charge in [-0.2, -0.15) is 4.98 Å². The lowest BCUT2D eigenvalue weighted by molar-refractivity contribution is 0.264. The summed E-state index contributed by atoms with van der Waals surface area (Å²) in [5.41, 5.74) is 1.61. The van der Waals surface area contributed by atoms with Crippen molar-refractivity contribution in [3.05, 3.63) is 29.8 Å². The van der Waals surface area contributed by atoms with Crippen molar-refractivity contribution in [2.75, 3.05) is 0 Å². The number of aromatic nitrogens is 3. The predicted molar refractivity (Wildman–Crippen MR) is 48.2 cm³/mol. The molecule has 0 aliphatic heterocycles. The summed E-state index contributed by atoms with van der Waals surface area (Å²) in [5, 5.41) is 12.4. The molecule has 0 aromatic carbocycles. The molecule has 0 aliphatic carbocycles. The van der Waals surface area contributed by atoms with Crippen molar-refractivity contribution in [1.29, 1.82) is 0 Å². The summed E-state index contributed by atoms with van der Waals surface area (Å²) in [6.07, 6.45) is 1.70. The van der Waals surface area contributed by atoms with Crippen LogP contribution in [0.5, 0.6) is 0 Å². The zero-order valence-electron chi connectivity index (χ0n) is 7.64. The van der Waals surface area contributed by atoms with Crippen LogP contribution in [-0.4, -0.2) is 20.2 Å². The van der Waals surface area contributed by atoms with E-state index < -0.39 is 0 Å². The lowest BCUT2D eigenvalue weighted by Crippen LogP contribution is -1.88. The highest BCUT2D eigenvalue weighted by Gasteiger charge is 2.10. The van der Waals surface area contributed by atoms with Crippen LogP contribution < -0.4 is 0 Å². The van der Waals surface area contributed by atoms with Crippen molar-refractivity contribution in [2.24, 2.45) is 0 Å². The molecule has 2 aromatic heterocycles. The Bertz CT molecular complexity index is 439. The van der Waals surface area contributed by atoms with Crippen LogP contribution in [0.2, 0.25) is 0 Å². The van der Waals surface area contributed by atoms with Crippen LogP contribution in [0, 0.1) is 6.92 Å². The normalized spacial score (nSPS) is 10.4. The monoisotopic (exact) mass is 191 g/mol. The molecule has 0 unspecified atom stereocenters. The number of pyridine rings is 1. The topological polar surface area (TPSA) is 72.0 Å². The minimum atomic E-state index is -0.219. The summed E-state index contributed by atoms with van der Waals surface area (Å²) in [7, 11) is 0. The number of aliphatic hydroxyl groups excluding tert-OH is 1. The van der Waals surface area contributed by atoms with Gasteiger partial charge in [-0.05, 0) is 19.1 Å². The van der Waals surface area contributed by atoms with Crippen molar-refractivity contribution < 1.29 is 9.63 Å². The van der Waals surface area contributed by atoms with Crippen molar-refractivity contribution in [2.45, 2.75) is 13.5 Å². The van der Waals surface area contributed by atoms with Crippen LogP contribution in [0.4, 0.5) is 0 Å². The van der Waals surface area contributed by atoms with Crippen LogP contribution in [0.15, 0.2) is 22.9 Å². The minimum Gasteiger partial charge on any atom is -0.388 e. The first-order chi connectivity index (χ1) is 6.81. The van der Waals surface area contributed by atoms with E-state index in [1.807, 2.05) is 13.0 Å². The van der Waals surface area contributed by atoms with Gasteiger partial charge in [0.25, 0.3) is 5.89 Å². The fourth-order valence-corrected chi connectivity index (χ4v) is 1.14. The van der Waals surface area contributed by atoms with Gasteiger partial charge >= 0.3 is 0 Å². The Hall–Kier alpha value is -1.75. The van der Waals surface area contributed by atoms with Gasteiger partial charge in [-0.3, -0.25) is 4.98 Å². The molecule has 72 valence electrons. The highest BCUT2D eigenvalue weighted by atomic mass is 16.5. The molecule has 0 aliphatic rings. The third-order valence-corrected chi connectivity index (χ3v) is 1.85. The van der Waals surface area contributed by atoms with Crippen molar-refractivity contribution in [3.8, 4) is 11.5 Å². The lowest BCUT2D eigenvalue weighted by Gasteiger charge is -1.96. The van der Waals surface area contributed by atoms with Crippen LogP contribution in [0.25, 0.3) is 11.5 Å². The Morgan fingerprint density at radius 1 is 1.50 bits per heavy atom. The first-order valence-corrected chi connectivity index (χ1v) is 4.16. The zero-order chi connectivity index (χ0) is 9.97. The average Bonchev–Trinajstić information content (AvgIpc) is 2.67. The van der Waals surface area contributed by atoms with Crippen molar-refractivity contribution in [3.63, 3.8) is 0 Å². The van der Waals surface area contributed by atoms with Gasteiger partial charge in [-0.1, -0.05) is 5.16 Å². The summed E-state index contributed by atoms with van der Waals surface area (Å²) in [6, 6.07) is 3.64. The maximum Gasteiger partial charge on any atom is 0.259 e. The highest BCUT2D eigenvalue weighted by Crippen LogP contribution is 2.18. The van der Waals surface area contributed by atoms with Gasteiger partial charge in [0.15, 0.2) is 5.82 Å². The first kappa shape index (κ1) is 8.83. The maximum atomic E-state index is 8.77. The number of nitrogens with zero attached hydrogens (tertiary/aromatic N) is 3. The summed E-state index contributed by atoms with van der Waals surface area (Å²) < 4.78 is 4.96. The third-order valence-electron chi connectivity index (χ3n) is 1.85. The molecule has 0 bridgehead atoms. The number of hydrogen-bond acceptors (Lipinski definition) is 5. The molecular weight excluding hydrogens is 182 g/mol. The van der Waals surface area contributed by atoms with E-state index >= 15 is 0 Å². The second-order valence-corrected chi connectivity index (χ2v) is 2.81. The Labute approximate surface area is 80.4 Å². The first-order valence-electron chi connectivity index (χ1n) is 4.16. The standard InChI is InChI=1S/C9H9N3O2/c1-6-7(3-2-4-10-6)9-11-8(5-13)12-14-9/h2-4,13H,5H2,1H3. The SMILES string of the molecule is Cc1ncccc1-c1nc(CO)no1. The van der Waals surface area contributed by atoms with Crippen LogP contribution in [0.1, 0.15) is 11.5 Å². The second kappa shape index (κ2) is 3.55. The van der Waals surface area contributed by atoms with Gasteiger partial charge in [-0.15, -0.1) is 0 Å². The fraction of sp³-hybridized carbons (Fsp3) is 0.222. The zero-order valence-corrected chi connectivity index (χ0v) is 7.64. The fourth-order valence-electron chi connectivity index (χ4n) is 1.14. The van der Waals surface area contributed by atoms with E-state index in [1.165, 1.54) is 0 Å². The summed E-state index contributed by atoms with van der Waals surface area (Å²) in [5.74, 6) is 0.669. The molecule has 0 fully saturated rings. The smallest absolute Gasteiger partial charge is 0.259 e. The third kappa shape index (κ3) is 1.49. The predicted octanol–water partition coefficient (Wildman–Crippen LogP) is 0.932. The van der Waals surface area contributed by atoms with E-state index in [2.05, 4.69) is 15.1 Å². The highest BCUT2D eigenvalue weighted by molar-refractivity contribution is 5.55. The van der Waals surface area contributed by atoms with Gasteiger partial charge in [0.2, 0.25) is 0 Å². The lowest BCUT2D eigenvalue weighted by atomic mass is 10.2. The van der Waals surface area contributed by atoms with Gasteiger partial charge < -0.3 is 9.63 Å². The molecule has 0 spiro atoms. The minimum absolute atomic E-state index is 0.219. The van der Waals surface area contributed by atoms with Crippen LogP contribution >= 0.6 is 0 Å². The van der Waals surface area contributed by atoms with Crippen LogP contribution in [-0.2, 0) is 6.61 Å². The summed E-state index contributed by atoms with van der Waals surface area (Å²) in [4.78, 5) is 8.09. The van der Waals surface area contributed by atoms with Gasteiger partial charge in [0, 0.05) is 11.9 Å². The molecule has 2 aromatic rings. The number of aryl methyl sites for hydroxylation is 1. The van der Waals surface area contributed by atoms with E-state index in [1.54, 1.807) is 12.3 Å². The largest absolute Gasteiger partial charge is 0.388 e. The Balaban J connectivity index is 2.44. The molecule has 2 heterocycles. The Morgan fingerprint density at radius 2 is 2.36 bits per heavy atom. The molecule has 0 radical (unpaired) electrons. The molecule has 0 amide bonds. The van der Waals surface area contributed by atoms with Crippen molar-refractivity contribution in [1.82, 2.24) is 15.1 Å². The molecule has 1 N–H and O–H groups in total. The average molecular weight is 191 g/mol. The van der Waals surface area contributed by atoms with Crippen LogP contribution in [0.3, 0.4) is 0 Å². The van der Waals surface area contributed by atoms with E-state index in [-0.39, 0.29) is 12.4 Å². The Kier molecular flexibility index (Phi) is 2.24. The molecule has 0 atom stereocenters. The van der Waals surface area contributed by atoms with Gasteiger partial charge in [-0.25, -0.2) is 0 Å². The number of aliphatic hydroxyl groups is 1. The van der Waals surface area contributed by atoms with E-state index in [0.29, 0.717) is 5.89 Å². The number of rotatable bonds is 2. The van der Waals surface area contributed by atoms with Gasteiger partial charge in [0.05, 0.1) is 5.56 Å². The maximum absolute atomic E-state index is 8.77. The molecule has 2 rings (SSSR count). The number of hydrogen-bond donors (Lipinski definition) is 1. The molecule has 5 nitrogen and oxygen atoms in total. The second-order valence-electron chi connectivity index (χ2n) is 2.81. The van der Waals surface area contributed by atoms with Gasteiger partial charge in [0.1, 0.15) is 6.61 Å². The summed E-state index contributed by atoms with van der Waals surface area (Å²) in [6.45, 7) is 1.64. The summed E-state index contributed by atoms with van der Waals surface area (Å²) >= 11 is 0. The van der Waals surface area contributed by atoms with Crippen molar-refractivity contribution >= 4 is 0 Å². The van der Waals surface area contributed by atoms with E-state index in [4.69, 9.17) is 9.63 Å². The quantitative estimate of drug-likeness (QED) is 0.764. The molecule has 5 heteroatoms. The molecule has 14 heavy (non-hydrogen) atoms. The molecule has 0 saturated carbocycles. The molecular formula is C9H9N3O2. The van der Waals surface area contributed by atoms with E-state index in [9.17, 15) is 0 Å². The van der Waals surface area contributed by atoms with E-state index in [0.717, 1.165) is 11.3 Å². The molecule has 0 saturated heterocycles. The Morgan fingerprint density at radius 3 is 3.00 bits per heavy atom.